The lowest BCUT2D eigenvalue weighted by molar-refractivity contribution is -0.119. The van der Waals surface area contributed by atoms with Crippen molar-refractivity contribution in [2.75, 3.05) is 0 Å². The molecule has 2 N–H and O–H groups in total. The van der Waals surface area contributed by atoms with Gasteiger partial charge in [0.25, 0.3) is 0 Å². The Bertz CT molecular complexity index is 399. The lowest BCUT2D eigenvalue weighted by atomic mass is 10.1. The molecule has 15 heavy (non-hydrogen) atoms. The molecule has 0 saturated heterocycles. The van der Waals surface area contributed by atoms with E-state index >= 15 is 0 Å². The first kappa shape index (κ1) is 11.2. The molecule has 0 aliphatic rings. The SMILES string of the molecule is CC(=O)NCc1ccc(C(=O)O)cc1C. The number of rotatable bonds is 3. The maximum absolute atomic E-state index is 10.7. The standard InChI is InChI=1S/C11H13NO3/c1-7-5-9(11(14)15)3-4-10(7)6-12-8(2)13/h3-5H,6H2,1-2H3,(H,12,13)(H,14,15). The second-order valence-corrected chi connectivity index (χ2v) is 3.36. The molecule has 1 amide bonds. The fraction of sp³-hybridized carbons (Fsp3) is 0.273. The van der Waals surface area contributed by atoms with Gasteiger partial charge in [-0.2, -0.15) is 0 Å². The predicted octanol–water partition coefficient (Wildman–Crippen LogP) is 1.33. The van der Waals surface area contributed by atoms with Crippen LogP contribution in [0.15, 0.2) is 18.2 Å². The van der Waals surface area contributed by atoms with Crippen molar-refractivity contribution >= 4 is 11.9 Å². The van der Waals surface area contributed by atoms with Crippen molar-refractivity contribution in [2.24, 2.45) is 0 Å². The zero-order valence-corrected chi connectivity index (χ0v) is 8.70. The third-order valence-electron chi connectivity index (χ3n) is 2.12. The highest BCUT2D eigenvalue weighted by atomic mass is 16.4. The van der Waals surface area contributed by atoms with Crippen LogP contribution in [0.25, 0.3) is 0 Å². The summed E-state index contributed by atoms with van der Waals surface area (Å²) in [5.41, 5.74) is 2.05. The highest BCUT2D eigenvalue weighted by Crippen LogP contribution is 2.10. The van der Waals surface area contributed by atoms with E-state index in [-0.39, 0.29) is 11.5 Å². The number of hydrogen-bond donors (Lipinski definition) is 2. The number of carboxylic acid groups (broad SMARTS) is 1. The van der Waals surface area contributed by atoms with Gasteiger partial charge in [0.2, 0.25) is 5.91 Å². The average molecular weight is 207 g/mol. The molecule has 1 aromatic rings. The summed E-state index contributed by atoms with van der Waals surface area (Å²) in [4.78, 5) is 21.4. The van der Waals surface area contributed by atoms with Gasteiger partial charge in [-0.25, -0.2) is 4.79 Å². The van der Waals surface area contributed by atoms with Crippen LogP contribution in [0.1, 0.15) is 28.4 Å². The Labute approximate surface area is 87.9 Å². The number of aryl methyl sites for hydroxylation is 1. The molecular formula is C11H13NO3. The molecule has 0 heterocycles. The van der Waals surface area contributed by atoms with E-state index < -0.39 is 5.97 Å². The van der Waals surface area contributed by atoms with E-state index in [1.54, 1.807) is 12.1 Å². The zero-order valence-electron chi connectivity index (χ0n) is 8.70. The number of benzene rings is 1. The fourth-order valence-corrected chi connectivity index (χ4v) is 1.25. The second-order valence-electron chi connectivity index (χ2n) is 3.36. The first-order valence-corrected chi connectivity index (χ1v) is 4.58. The van der Waals surface area contributed by atoms with Crippen LogP contribution in [0.2, 0.25) is 0 Å². The first-order chi connectivity index (χ1) is 7.00. The molecule has 4 nitrogen and oxygen atoms in total. The minimum Gasteiger partial charge on any atom is -0.478 e. The summed E-state index contributed by atoms with van der Waals surface area (Å²) in [7, 11) is 0. The van der Waals surface area contributed by atoms with Gasteiger partial charge in [-0.3, -0.25) is 4.79 Å². The molecule has 0 fully saturated rings. The Morgan fingerprint density at radius 3 is 2.53 bits per heavy atom. The maximum Gasteiger partial charge on any atom is 0.335 e. The summed E-state index contributed by atoms with van der Waals surface area (Å²) in [6.45, 7) is 3.70. The van der Waals surface area contributed by atoms with Gasteiger partial charge >= 0.3 is 5.97 Å². The lowest BCUT2D eigenvalue weighted by Gasteiger charge is -2.07. The van der Waals surface area contributed by atoms with Crippen LogP contribution in [0.4, 0.5) is 0 Å². The normalized spacial score (nSPS) is 9.73. The van der Waals surface area contributed by atoms with Crippen molar-refractivity contribution in [3.05, 3.63) is 34.9 Å². The van der Waals surface area contributed by atoms with E-state index in [9.17, 15) is 9.59 Å². The van der Waals surface area contributed by atoms with Crippen LogP contribution in [-0.2, 0) is 11.3 Å². The van der Waals surface area contributed by atoms with E-state index in [0.29, 0.717) is 6.54 Å². The van der Waals surface area contributed by atoms with Crippen LogP contribution in [-0.4, -0.2) is 17.0 Å². The predicted molar refractivity (Wildman–Crippen MR) is 55.7 cm³/mol. The van der Waals surface area contributed by atoms with E-state index in [0.717, 1.165) is 11.1 Å². The molecule has 0 aliphatic heterocycles. The van der Waals surface area contributed by atoms with Gasteiger partial charge in [0.05, 0.1) is 5.56 Å². The summed E-state index contributed by atoms with van der Waals surface area (Å²) < 4.78 is 0. The van der Waals surface area contributed by atoms with Crippen molar-refractivity contribution in [3.63, 3.8) is 0 Å². The first-order valence-electron chi connectivity index (χ1n) is 4.58. The molecule has 1 rings (SSSR count). The number of carbonyl (C=O) groups is 2. The van der Waals surface area contributed by atoms with Crippen LogP contribution >= 0.6 is 0 Å². The van der Waals surface area contributed by atoms with E-state index in [4.69, 9.17) is 5.11 Å². The van der Waals surface area contributed by atoms with Gasteiger partial charge in [0.1, 0.15) is 0 Å². The Kier molecular flexibility index (Phi) is 3.44. The Morgan fingerprint density at radius 2 is 2.07 bits per heavy atom. The molecule has 0 unspecified atom stereocenters. The highest BCUT2D eigenvalue weighted by molar-refractivity contribution is 5.87. The van der Waals surface area contributed by atoms with E-state index in [2.05, 4.69) is 5.32 Å². The summed E-state index contributed by atoms with van der Waals surface area (Å²) in [6.07, 6.45) is 0. The maximum atomic E-state index is 10.7. The van der Waals surface area contributed by atoms with E-state index in [1.807, 2.05) is 6.92 Å². The van der Waals surface area contributed by atoms with Crippen molar-refractivity contribution in [1.29, 1.82) is 0 Å². The summed E-state index contributed by atoms with van der Waals surface area (Å²) in [5.74, 6) is -1.04. The molecule has 4 heteroatoms. The number of hydrogen-bond acceptors (Lipinski definition) is 2. The Morgan fingerprint density at radius 1 is 1.40 bits per heavy atom. The van der Waals surface area contributed by atoms with Gasteiger partial charge in [-0.1, -0.05) is 6.07 Å². The molecule has 0 radical (unpaired) electrons. The second kappa shape index (κ2) is 4.59. The minimum absolute atomic E-state index is 0.100. The van der Waals surface area contributed by atoms with Crippen LogP contribution in [0, 0.1) is 6.92 Å². The smallest absolute Gasteiger partial charge is 0.335 e. The quantitative estimate of drug-likeness (QED) is 0.785. The average Bonchev–Trinajstić information content (AvgIpc) is 2.15. The number of amides is 1. The lowest BCUT2D eigenvalue weighted by Crippen LogP contribution is -2.19. The van der Waals surface area contributed by atoms with Crippen molar-refractivity contribution in [3.8, 4) is 0 Å². The number of carbonyl (C=O) groups excluding carboxylic acids is 1. The van der Waals surface area contributed by atoms with Crippen LogP contribution < -0.4 is 5.32 Å². The molecule has 0 bridgehead atoms. The molecule has 1 aromatic carbocycles. The van der Waals surface area contributed by atoms with Gasteiger partial charge in [0, 0.05) is 13.5 Å². The van der Waals surface area contributed by atoms with Crippen molar-refractivity contribution in [2.45, 2.75) is 20.4 Å². The molecule has 0 aliphatic carbocycles. The molecule has 80 valence electrons. The monoisotopic (exact) mass is 207 g/mol. The molecular weight excluding hydrogens is 194 g/mol. The molecule has 0 aromatic heterocycles. The van der Waals surface area contributed by atoms with Gasteiger partial charge in [0.15, 0.2) is 0 Å². The third-order valence-corrected chi connectivity index (χ3v) is 2.12. The summed E-state index contributed by atoms with van der Waals surface area (Å²) >= 11 is 0. The van der Waals surface area contributed by atoms with Gasteiger partial charge in [-0.15, -0.1) is 0 Å². The largest absolute Gasteiger partial charge is 0.478 e. The van der Waals surface area contributed by atoms with Crippen LogP contribution in [0.3, 0.4) is 0 Å². The molecule has 0 spiro atoms. The highest BCUT2D eigenvalue weighted by Gasteiger charge is 2.05. The Balaban J connectivity index is 2.83. The summed E-state index contributed by atoms with van der Waals surface area (Å²) in [6, 6.07) is 4.85. The number of aromatic carboxylic acids is 1. The summed E-state index contributed by atoms with van der Waals surface area (Å²) in [5, 5.41) is 11.4. The van der Waals surface area contributed by atoms with Gasteiger partial charge < -0.3 is 10.4 Å². The molecule has 0 atom stereocenters. The topological polar surface area (TPSA) is 66.4 Å². The molecule has 0 saturated carbocycles. The fourth-order valence-electron chi connectivity index (χ4n) is 1.25. The van der Waals surface area contributed by atoms with Crippen LogP contribution in [0.5, 0.6) is 0 Å². The third kappa shape index (κ3) is 3.09. The van der Waals surface area contributed by atoms with E-state index in [1.165, 1.54) is 13.0 Å². The minimum atomic E-state index is -0.941. The number of carboxylic acids is 1. The Hall–Kier alpha value is -1.84. The zero-order chi connectivity index (χ0) is 11.4. The number of nitrogens with one attached hydrogen (secondary N) is 1. The van der Waals surface area contributed by atoms with Crippen molar-refractivity contribution in [1.82, 2.24) is 5.32 Å². The van der Waals surface area contributed by atoms with Gasteiger partial charge in [-0.05, 0) is 30.2 Å². The van der Waals surface area contributed by atoms with Crippen molar-refractivity contribution < 1.29 is 14.7 Å².